The maximum atomic E-state index is 2.37. The minimum Gasteiger partial charge on any atom is -0.361 e. The standard InChI is InChI=1S/C16H24N2/c1-12(2)14-7-6-8-15(13(3)4)16(14)18-10-9-17(5)11-18/h6-10,12-13H,11H2,1-5H3. The number of hydrogen-bond donors (Lipinski definition) is 0. The Morgan fingerprint density at radius 1 is 0.944 bits per heavy atom. The van der Waals surface area contributed by atoms with Gasteiger partial charge < -0.3 is 9.80 Å². The third-order valence-corrected chi connectivity index (χ3v) is 3.51. The molecule has 0 spiro atoms. The average molecular weight is 244 g/mol. The lowest BCUT2D eigenvalue weighted by molar-refractivity contribution is 0.494. The Kier molecular flexibility index (Phi) is 3.65. The van der Waals surface area contributed by atoms with E-state index in [0.717, 1.165) is 6.67 Å². The summed E-state index contributed by atoms with van der Waals surface area (Å²) in [5, 5.41) is 0. The molecule has 0 saturated heterocycles. The number of hydrogen-bond acceptors (Lipinski definition) is 2. The van der Waals surface area contributed by atoms with Gasteiger partial charge in [-0.1, -0.05) is 45.9 Å². The summed E-state index contributed by atoms with van der Waals surface area (Å²) in [5.74, 6) is 1.11. The maximum Gasteiger partial charge on any atom is 0.0939 e. The van der Waals surface area contributed by atoms with Crippen molar-refractivity contribution in [2.24, 2.45) is 0 Å². The quantitative estimate of drug-likeness (QED) is 0.789. The minimum atomic E-state index is 0.554. The predicted molar refractivity (Wildman–Crippen MR) is 78.9 cm³/mol. The fourth-order valence-electron chi connectivity index (χ4n) is 2.52. The number of anilines is 1. The van der Waals surface area contributed by atoms with E-state index in [1.165, 1.54) is 16.8 Å². The predicted octanol–water partition coefficient (Wildman–Crippen LogP) is 4.11. The van der Waals surface area contributed by atoms with E-state index < -0.39 is 0 Å². The van der Waals surface area contributed by atoms with Gasteiger partial charge in [-0.3, -0.25) is 0 Å². The Bertz CT molecular complexity index is 420. The molecule has 0 aliphatic carbocycles. The average Bonchev–Trinajstić information content (AvgIpc) is 2.74. The summed E-state index contributed by atoms with van der Waals surface area (Å²) in [6, 6.07) is 6.72. The molecule has 0 fully saturated rings. The van der Waals surface area contributed by atoms with Gasteiger partial charge in [0.1, 0.15) is 0 Å². The van der Waals surface area contributed by atoms with Crippen molar-refractivity contribution in [1.82, 2.24) is 4.90 Å². The highest BCUT2D eigenvalue weighted by Crippen LogP contribution is 2.36. The zero-order chi connectivity index (χ0) is 13.3. The Balaban J connectivity index is 2.50. The Morgan fingerprint density at radius 3 is 1.89 bits per heavy atom. The fourth-order valence-corrected chi connectivity index (χ4v) is 2.52. The van der Waals surface area contributed by atoms with Crippen LogP contribution >= 0.6 is 0 Å². The molecule has 0 atom stereocenters. The second-order valence-electron chi connectivity index (χ2n) is 5.76. The van der Waals surface area contributed by atoms with Crippen molar-refractivity contribution in [1.29, 1.82) is 0 Å². The van der Waals surface area contributed by atoms with Crippen LogP contribution in [-0.4, -0.2) is 18.6 Å². The molecule has 1 aromatic carbocycles. The second kappa shape index (κ2) is 5.05. The normalized spacial score (nSPS) is 15.3. The topological polar surface area (TPSA) is 6.48 Å². The maximum absolute atomic E-state index is 2.37. The molecular weight excluding hydrogens is 220 g/mol. The van der Waals surface area contributed by atoms with Crippen LogP contribution in [0.4, 0.5) is 5.69 Å². The Labute approximate surface area is 111 Å². The minimum absolute atomic E-state index is 0.554. The SMILES string of the molecule is CC(C)c1cccc(C(C)C)c1N1C=CN(C)C1. The molecule has 0 unspecified atom stereocenters. The largest absolute Gasteiger partial charge is 0.361 e. The van der Waals surface area contributed by atoms with E-state index in [0.29, 0.717) is 11.8 Å². The first-order valence-electron chi connectivity index (χ1n) is 6.78. The second-order valence-corrected chi connectivity index (χ2v) is 5.76. The Morgan fingerprint density at radius 2 is 1.50 bits per heavy atom. The summed E-state index contributed by atoms with van der Waals surface area (Å²) < 4.78 is 0. The molecule has 18 heavy (non-hydrogen) atoms. The zero-order valence-electron chi connectivity index (χ0n) is 12.1. The molecule has 0 bridgehead atoms. The van der Waals surface area contributed by atoms with Crippen LogP contribution in [0.15, 0.2) is 30.6 Å². The van der Waals surface area contributed by atoms with E-state index in [2.05, 4.69) is 75.1 Å². The summed E-state index contributed by atoms with van der Waals surface area (Å²) in [6.45, 7) is 10.0. The van der Waals surface area contributed by atoms with Crippen LogP contribution in [0.1, 0.15) is 50.7 Å². The molecular formula is C16H24N2. The number of para-hydroxylation sites is 1. The van der Waals surface area contributed by atoms with E-state index >= 15 is 0 Å². The van der Waals surface area contributed by atoms with Crippen LogP contribution in [0.3, 0.4) is 0 Å². The highest BCUT2D eigenvalue weighted by molar-refractivity contribution is 5.64. The molecule has 0 N–H and O–H groups in total. The van der Waals surface area contributed by atoms with E-state index in [9.17, 15) is 0 Å². The van der Waals surface area contributed by atoms with Gasteiger partial charge in [0.2, 0.25) is 0 Å². The lowest BCUT2D eigenvalue weighted by Crippen LogP contribution is -2.24. The first-order valence-corrected chi connectivity index (χ1v) is 6.78. The molecule has 98 valence electrons. The summed E-state index contributed by atoms with van der Waals surface area (Å²) in [5.41, 5.74) is 4.30. The molecule has 2 rings (SSSR count). The smallest absolute Gasteiger partial charge is 0.0939 e. The van der Waals surface area contributed by atoms with Crippen molar-refractivity contribution in [3.63, 3.8) is 0 Å². The van der Waals surface area contributed by atoms with Gasteiger partial charge in [-0.2, -0.15) is 0 Å². The molecule has 1 aliphatic rings. The van der Waals surface area contributed by atoms with Crippen LogP contribution < -0.4 is 4.90 Å². The van der Waals surface area contributed by atoms with Crippen molar-refractivity contribution in [3.8, 4) is 0 Å². The summed E-state index contributed by atoms with van der Waals surface area (Å²) >= 11 is 0. The van der Waals surface area contributed by atoms with Gasteiger partial charge in [-0.15, -0.1) is 0 Å². The van der Waals surface area contributed by atoms with Crippen molar-refractivity contribution >= 4 is 5.69 Å². The van der Waals surface area contributed by atoms with Crippen LogP contribution in [-0.2, 0) is 0 Å². The van der Waals surface area contributed by atoms with E-state index in [1.807, 2.05) is 0 Å². The summed E-state index contributed by atoms with van der Waals surface area (Å²) in [4.78, 5) is 4.58. The highest BCUT2D eigenvalue weighted by Gasteiger charge is 2.20. The number of rotatable bonds is 3. The van der Waals surface area contributed by atoms with Crippen LogP contribution in [0, 0.1) is 0 Å². The Hall–Kier alpha value is -1.44. The third-order valence-electron chi connectivity index (χ3n) is 3.51. The highest BCUT2D eigenvalue weighted by atomic mass is 15.3. The zero-order valence-corrected chi connectivity index (χ0v) is 12.1. The monoisotopic (exact) mass is 244 g/mol. The van der Waals surface area contributed by atoms with Gasteiger partial charge in [0, 0.05) is 25.1 Å². The van der Waals surface area contributed by atoms with Crippen LogP contribution in [0.2, 0.25) is 0 Å². The van der Waals surface area contributed by atoms with E-state index in [-0.39, 0.29) is 0 Å². The summed E-state index contributed by atoms with van der Waals surface area (Å²) in [7, 11) is 2.11. The van der Waals surface area contributed by atoms with Gasteiger partial charge in [-0.05, 0) is 23.0 Å². The molecule has 0 saturated carbocycles. The lowest BCUT2D eigenvalue weighted by Gasteiger charge is -2.27. The molecule has 2 nitrogen and oxygen atoms in total. The number of nitrogens with zero attached hydrogens (tertiary/aromatic N) is 2. The van der Waals surface area contributed by atoms with Gasteiger partial charge in [0.15, 0.2) is 0 Å². The van der Waals surface area contributed by atoms with Gasteiger partial charge in [-0.25, -0.2) is 0 Å². The molecule has 2 heteroatoms. The third kappa shape index (κ3) is 2.38. The molecule has 1 aliphatic heterocycles. The van der Waals surface area contributed by atoms with Gasteiger partial charge in [0.25, 0.3) is 0 Å². The van der Waals surface area contributed by atoms with Gasteiger partial charge in [0.05, 0.1) is 6.67 Å². The first kappa shape index (κ1) is 13.0. The van der Waals surface area contributed by atoms with Crippen molar-refractivity contribution < 1.29 is 0 Å². The molecule has 0 amide bonds. The molecule has 0 radical (unpaired) electrons. The van der Waals surface area contributed by atoms with E-state index in [4.69, 9.17) is 0 Å². The van der Waals surface area contributed by atoms with Crippen molar-refractivity contribution in [3.05, 3.63) is 41.7 Å². The van der Waals surface area contributed by atoms with E-state index in [1.54, 1.807) is 0 Å². The molecule has 1 aromatic rings. The lowest BCUT2D eigenvalue weighted by atomic mass is 9.92. The van der Waals surface area contributed by atoms with Crippen LogP contribution in [0.25, 0.3) is 0 Å². The number of benzene rings is 1. The van der Waals surface area contributed by atoms with Crippen LogP contribution in [0.5, 0.6) is 0 Å². The molecule has 1 heterocycles. The van der Waals surface area contributed by atoms with Crippen molar-refractivity contribution in [2.45, 2.75) is 39.5 Å². The van der Waals surface area contributed by atoms with Crippen molar-refractivity contribution in [2.75, 3.05) is 18.6 Å². The first-order chi connectivity index (χ1) is 8.50. The fraction of sp³-hybridized carbons (Fsp3) is 0.500. The molecule has 0 aromatic heterocycles. The van der Waals surface area contributed by atoms with Gasteiger partial charge >= 0.3 is 0 Å². The summed E-state index contributed by atoms with van der Waals surface area (Å²) in [6.07, 6.45) is 4.33.